The molecule has 2 heteroatoms. The Bertz CT molecular complexity index is 428. The minimum Gasteiger partial charge on any atom is -0.387 e. The number of hydrogen-bond acceptors (Lipinski definition) is 2. The van der Waals surface area contributed by atoms with Gasteiger partial charge in [0, 0.05) is 0 Å². The molecule has 0 aliphatic heterocycles. The Hall–Kier alpha value is -1.49. The molecule has 2 nitrogen and oxygen atoms in total. The number of rotatable bonds is 2. The second kappa shape index (κ2) is 3.94. The maximum Gasteiger partial charge on any atom is 0.292 e. The van der Waals surface area contributed by atoms with Crippen LogP contribution in [-0.4, -0.2) is 0 Å². The van der Waals surface area contributed by atoms with Gasteiger partial charge in [0.2, 0.25) is 0 Å². The fourth-order valence-electron chi connectivity index (χ4n) is 2.43. The molecular weight excluding hydrogens is 186 g/mol. The van der Waals surface area contributed by atoms with Crippen molar-refractivity contribution >= 4 is 0 Å². The molecule has 0 bridgehead atoms. The largest absolute Gasteiger partial charge is 0.387 e. The third kappa shape index (κ3) is 1.59. The van der Waals surface area contributed by atoms with Crippen LogP contribution in [0.5, 0.6) is 5.75 Å². The van der Waals surface area contributed by atoms with Crippen molar-refractivity contribution in [2.75, 3.05) is 0 Å². The minimum atomic E-state index is 0.823. The standard InChI is InChI=1S/C13H15NO/c1-3-10-7-11-5-4-6-12(11)13(9(10)2)15-8-14/h7H,3-6H2,1-2H3. The summed E-state index contributed by atoms with van der Waals surface area (Å²) in [5, 5.41) is 8.67. The Morgan fingerprint density at radius 1 is 1.47 bits per heavy atom. The molecule has 2 rings (SSSR count). The summed E-state index contributed by atoms with van der Waals surface area (Å²) in [7, 11) is 0. The average Bonchev–Trinajstić information content (AvgIpc) is 2.69. The molecular formula is C13H15NO. The van der Waals surface area contributed by atoms with Crippen LogP contribution in [-0.2, 0) is 19.3 Å². The molecule has 0 fully saturated rings. The van der Waals surface area contributed by atoms with Crippen molar-refractivity contribution < 1.29 is 4.74 Å². The fourth-order valence-corrected chi connectivity index (χ4v) is 2.43. The highest BCUT2D eigenvalue weighted by Crippen LogP contribution is 2.35. The lowest BCUT2D eigenvalue weighted by molar-refractivity contribution is 0.496. The molecule has 0 spiro atoms. The van der Waals surface area contributed by atoms with Gasteiger partial charge in [0.25, 0.3) is 6.26 Å². The van der Waals surface area contributed by atoms with Gasteiger partial charge in [-0.1, -0.05) is 13.0 Å². The number of nitrogens with zero attached hydrogens (tertiary/aromatic N) is 1. The minimum absolute atomic E-state index is 0.823. The zero-order valence-electron chi connectivity index (χ0n) is 9.26. The maximum absolute atomic E-state index is 8.67. The van der Waals surface area contributed by atoms with E-state index in [4.69, 9.17) is 10.00 Å². The molecule has 0 amide bonds. The van der Waals surface area contributed by atoms with Crippen molar-refractivity contribution in [1.82, 2.24) is 0 Å². The average molecular weight is 201 g/mol. The van der Waals surface area contributed by atoms with Gasteiger partial charge in [0.1, 0.15) is 5.75 Å². The number of aryl methyl sites for hydroxylation is 2. The quantitative estimate of drug-likeness (QED) is 0.689. The first-order valence-electron chi connectivity index (χ1n) is 5.48. The SMILES string of the molecule is CCc1cc2c(c(OC#N)c1C)CCC2. The third-order valence-electron chi connectivity index (χ3n) is 3.23. The summed E-state index contributed by atoms with van der Waals surface area (Å²) in [5.74, 6) is 0.823. The molecule has 1 aromatic carbocycles. The summed E-state index contributed by atoms with van der Waals surface area (Å²) >= 11 is 0. The zero-order valence-corrected chi connectivity index (χ0v) is 9.26. The van der Waals surface area contributed by atoms with Crippen LogP contribution in [0.1, 0.15) is 35.6 Å². The molecule has 1 aliphatic rings. The van der Waals surface area contributed by atoms with Gasteiger partial charge in [-0.3, -0.25) is 0 Å². The molecule has 0 saturated heterocycles. The number of hydrogen-bond donors (Lipinski definition) is 0. The van der Waals surface area contributed by atoms with E-state index in [2.05, 4.69) is 13.0 Å². The Labute approximate surface area is 90.5 Å². The van der Waals surface area contributed by atoms with Crippen LogP contribution in [0.15, 0.2) is 6.07 Å². The molecule has 78 valence electrons. The highest BCUT2D eigenvalue weighted by Gasteiger charge is 2.20. The third-order valence-corrected chi connectivity index (χ3v) is 3.23. The summed E-state index contributed by atoms with van der Waals surface area (Å²) < 4.78 is 5.13. The Morgan fingerprint density at radius 3 is 2.93 bits per heavy atom. The molecule has 1 aromatic rings. The van der Waals surface area contributed by atoms with E-state index in [1.807, 2.05) is 6.92 Å². The molecule has 0 atom stereocenters. The van der Waals surface area contributed by atoms with Crippen molar-refractivity contribution in [3.8, 4) is 12.0 Å². The summed E-state index contributed by atoms with van der Waals surface area (Å²) in [6.07, 6.45) is 6.17. The Balaban J connectivity index is 2.59. The van der Waals surface area contributed by atoms with Gasteiger partial charge in [-0.05, 0) is 54.9 Å². The number of benzene rings is 1. The topological polar surface area (TPSA) is 33.0 Å². The fraction of sp³-hybridized carbons (Fsp3) is 0.462. The van der Waals surface area contributed by atoms with E-state index in [1.165, 1.54) is 23.1 Å². The number of fused-ring (bicyclic) bond motifs is 1. The van der Waals surface area contributed by atoms with E-state index in [-0.39, 0.29) is 0 Å². The van der Waals surface area contributed by atoms with Crippen LogP contribution < -0.4 is 4.74 Å². The summed E-state index contributed by atoms with van der Waals surface area (Å²) in [5.41, 5.74) is 5.08. The predicted molar refractivity (Wildman–Crippen MR) is 58.8 cm³/mol. The molecule has 0 unspecified atom stereocenters. The van der Waals surface area contributed by atoms with Crippen molar-refractivity contribution in [2.45, 2.75) is 39.5 Å². The molecule has 0 heterocycles. The monoisotopic (exact) mass is 201 g/mol. The van der Waals surface area contributed by atoms with E-state index >= 15 is 0 Å². The highest BCUT2D eigenvalue weighted by atomic mass is 16.5. The smallest absolute Gasteiger partial charge is 0.292 e. The normalized spacial score (nSPS) is 13.4. The van der Waals surface area contributed by atoms with E-state index in [1.54, 1.807) is 6.26 Å². The van der Waals surface area contributed by atoms with E-state index in [0.717, 1.165) is 30.6 Å². The van der Waals surface area contributed by atoms with Crippen molar-refractivity contribution in [3.05, 3.63) is 28.3 Å². The van der Waals surface area contributed by atoms with Crippen LogP contribution in [0.2, 0.25) is 0 Å². The van der Waals surface area contributed by atoms with Gasteiger partial charge in [-0.15, -0.1) is 5.26 Å². The second-order valence-corrected chi connectivity index (χ2v) is 4.03. The zero-order chi connectivity index (χ0) is 10.8. The van der Waals surface area contributed by atoms with Crippen LogP contribution >= 0.6 is 0 Å². The van der Waals surface area contributed by atoms with Crippen molar-refractivity contribution in [2.24, 2.45) is 0 Å². The molecule has 15 heavy (non-hydrogen) atoms. The van der Waals surface area contributed by atoms with Gasteiger partial charge >= 0.3 is 0 Å². The van der Waals surface area contributed by atoms with Crippen LogP contribution in [0.25, 0.3) is 0 Å². The van der Waals surface area contributed by atoms with Crippen LogP contribution in [0.4, 0.5) is 0 Å². The first-order valence-corrected chi connectivity index (χ1v) is 5.48. The molecule has 0 aromatic heterocycles. The Morgan fingerprint density at radius 2 is 2.27 bits per heavy atom. The van der Waals surface area contributed by atoms with Gasteiger partial charge in [0.05, 0.1) is 0 Å². The van der Waals surface area contributed by atoms with Crippen LogP contribution in [0.3, 0.4) is 0 Å². The maximum atomic E-state index is 8.67. The summed E-state index contributed by atoms with van der Waals surface area (Å²) in [6, 6.07) is 2.28. The lowest BCUT2D eigenvalue weighted by Crippen LogP contribution is -1.98. The first kappa shape index (κ1) is 10.0. The van der Waals surface area contributed by atoms with Crippen LogP contribution in [0, 0.1) is 18.4 Å². The van der Waals surface area contributed by atoms with Gasteiger partial charge in [-0.2, -0.15) is 0 Å². The van der Waals surface area contributed by atoms with Crippen molar-refractivity contribution in [3.63, 3.8) is 0 Å². The summed E-state index contributed by atoms with van der Waals surface area (Å²) in [6.45, 7) is 4.18. The lowest BCUT2D eigenvalue weighted by Gasteiger charge is -2.12. The molecule has 1 aliphatic carbocycles. The highest BCUT2D eigenvalue weighted by molar-refractivity contribution is 5.52. The number of ether oxygens (including phenoxy) is 1. The van der Waals surface area contributed by atoms with Crippen molar-refractivity contribution in [1.29, 1.82) is 5.26 Å². The van der Waals surface area contributed by atoms with Gasteiger partial charge in [-0.25, -0.2) is 0 Å². The van der Waals surface area contributed by atoms with Gasteiger partial charge < -0.3 is 4.74 Å². The van der Waals surface area contributed by atoms with E-state index in [0.29, 0.717) is 0 Å². The lowest BCUT2D eigenvalue weighted by atomic mass is 9.98. The summed E-state index contributed by atoms with van der Waals surface area (Å²) in [4.78, 5) is 0. The second-order valence-electron chi connectivity index (χ2n) is 4.03. The molecule has 0 saturated carbocycles. The van der Waals surface area contributed by atoms with Gasteiger partial charge in [0.15, 0.2) is 0 Å². The first-order chi connectivity index (χ1) is 7.27. The molecule has 0 N–H and O–H groups in total. The predicted octanol–water partition coefficient (Wildman–Crippen LogP) is 2.91. The van der Waals surface area contributed by atoms with E-state index < -0.39 is 0 Å². The Kier molecular flexibility index (Phi) is 2.64. The van der Waals surface area contributed by atoms with E-state index in [9.17, 15) is 0 Å². The number of nitriles is 1. The molecule has 0 radical (unpaired) electrons.